The standard InChI is InChI=1S/C29H36O16/c30-11-19-22(37)23(38)24(39)29(42-19)45-27-25(40)28(41-8-7-14-2-5-16(33)18(35)10-14)43-20(12-31)26(27)44-21(36)6-3-13-1-4-15(32)17(34)9-13/h1-6,9-10,19-20,22-35,37-40H,7-8,11-12H2/b6-3+/t19-,20+,22+,23+,24+,25+,26+,27+,28+,29+/m1/s1. The van der Waals surface area contributed by atoms with Crippen molar-refractivity contribution in [1.29, 1.82) is 0 Å². The van der Waals surface area contributed by atoms with Gasteiger partial charge in [-0.25, -0.2) is 4.79 Å². The zero-order valence-electron chi connectivity index (χ0n) is 23.6. The minimum Gasteiger partial charge on any atom is -0.504 e. The largest absolute Gasteiger partial charge is 0.504 e. The Balaban J connectivity index is 1.53. The first kappa shape index (κ1) is 34.3. The van der Waals surface area contributed by atoms with Crippen LogP contribution in [0.15, 0.2) is 42.5 Å². The van der Waals surface area contributed by atoms with Crippen molar-refractivity contribution in [2.24, 2.45) is 0 Å². The maximum atomic E-state index is 12.8. The highest BCUT2D eigenvalue weighted by Crippen LogP contribution is 2.32. The molecule has 0 unspecified atom stereocenters. The summed E-state index contributed by atoms with van der Waals surface area (Å²) in [6.07, 6.45) is -14.0. The molecule has 2 fully saturated rings. The van der Waals surface area contributed by atoms with E-state index in [1.165, 1.54) is 42.5 Å². The number of benzene rings is 2. The van der Waals surface area contributed by atoms with Crippen LogP contribution in [0, 0.1) is 0 Å². The number of aromatic hydroxyl groups is 4. The van der Waals surface area contributed by atoms with Crippen molar-refractivity contribution < 1.29 is 79.5 Å². The second-order valence-electron chi connectivity index (χ2n) is 10.4. The van der Waals surface area contributed by atoms with Gasteiger partial charge >= 0.3 is 5.97 Å². The van der Waals surface area contributed by atoms with Crippen molar-refractivity contribution in [1.82, 2.24) is 0 Å². The van der Waals surface area contributed by atoms with Crippen LogP contribution >= 0.6 is 0 Å². The van der Waals surface area contributed by atoms with E-state index < -0.39 is 86.3 Å². The van der Waals surface area contributed by atoms with E-state index in [1.54, 1.807) is 0 Å². The van der Waals surface area contributed by atoms with Gasteiger partial charge in [-0.05, 0) is 47.9 Å². The molecule has 45 heavy (non-hydrogen) atoms. The zero-order chi connectivity index (χ0) is 32.8. The number of phenols is 4. The van der Waals surface area contributed by atoms with Crippen LogP contribution in [-0.2, 0) is 34.9 Å². The molecule has 2 aliphatic rings. The topological polar surface area (TPSA) is 266 Å². The van der Waals surface area contributed by atoms with Gasteiger partial charge in [-0.1, -0.05) is 12.1 Å². The highest BCUT2D eigenvalue weighted by molar-refractivity contribution is 5.87. The van der Waals surface area contributed by atoms with Crippen LogP contribution in [0.25, 0.3) is 6.08 Å². The molecule has 16 nitrogen and oxygen atoms in total. The first-order valence-corrected chi connectivity index (χ1v) is 13.9. The van der Waals surface area contributed by atoms with Crippen molar-refractivity contribution >= 4 is 12.0 Å². The molecule has 2 aliphatic heterocycles. The summed E-state index contributed by atoms with van der Waals surface area (Å²) in [5.41, 5.74) is 0.870. The normalized spacial score (nSPS) is 32.0. The van der Waals surface area contributed by atoms with Gasteiger partial charge in [0.2, 0.25) is 0 Å². The summed E-state index contributed by atoms with van der Waals surface area (Å²) in [5, 5.41) is 100. The minimum absolute atomic E-state index is 0.108. The SMILES string of the molecule is O=C(/C=C/c1ccc(O)c(O)c1)O[C@@H]1[C@@H](O[C@@H]2O[C@H](CO)[C@H](O)[C@H](O)[C@@H]2O)[C@H](O)[C@@H](OCCc2ccc(O)c(O)c2)O[C@H]1CO. The number of aliphatic hydroxyl groups excluding tert-OH is 6. The molecule has 4 rings (SSSR count). The Hall–Kier alpha value is -3.55. The molecule has 0 radical (unpaired) electrons. The Kier molecular flexibility index (Phi) is 11.6. The third-order valence-electron chi connectivity index (χ3n) is 7.31. The summed E-state index contributed by atoms with van der Waals surface area (Å²) >= 11 is 0. The van der Waals surface area contributed by atoms with Crippen LogP contribution in [0.5, 0.6) is 23.0 Å². The van der Waals surface area contributed by atoms with Gasteiger partial charge in [0.25, 0.3) is 0 Å². The first-order valence-electron chi connectivity index (χ1n) is 13.9. The number of esters is 1. The van der Waals surface area contributed by atoms with Crippen molar-refractivity contribution in [3.8, 4) is 23.0 Å². The second kappa shape index (κ2) is 15.2. The molecule has 0 bridgehead atoms. The van der Waals surface area contributed by atoms with Crippen molar-refractivity contribution in [3.63, 3.8) is 0 Å². The Bertz CT molecular complexity index is 1320. The van der Waals surface area contributed by atoms with Gasteiger partial charge in [-0.15, -0.1) is 0 Å². The molecule has 2 aromatic carbocycles. The van der Waals surface area contributed by atoms with E-state index in [0.29, 0.717) is 11.1 Å². The van der Waals surface area contributed by atoms with Gasteiger partial charge in [0.1, 0.15) is 42.7 Å². The van der Waals surface area contributed by atoms with E-state index >= 15 is 0 Å². The molecular formula is C29H36O16. The van der Waals surface area contributed by atoms with Gasteiger partial charge in [-0.3, -0.25) is 0 Å². The van der Waals surface area contributed by atoms with E-state index in [1.807, 2.05) is 0 Å². The molecule has 2 aromatic rings. The van der Waals surface area contributed by atoms with Crippen LogP contribution < -0.4 is 0 Å². The lowest BCUT2D eigenvalue weighted by molar-refractivity contribution is -0.360. The molecule has 0 aromatic heterocycles. The molecule has 2 saturated heterocycles. The molecule has 248 valence electrons. The van der Waals surface area contributed by atoms with Crippen molar-refractivity contribution in [3.05, 3.63) is 53.6 Å². The van der Waals surface area contributed by atoms with Crippen LogP contribution in [0.1, 0.15) is 11.1 Å². The third-order valence-corrected chi connectivity index (χ3v) is 7.31. The smallest absolute Gasteiger partial charge is 0.331 e. The molecule has 10 N–H and O–H groups in total. The number of phenolic OH excluding ortho intramolecular Hbond substituents is 4. The van der Waals surface area contributed by atoms with E-state index in [4.69, 9.17) is 23.7 Å². The maximum Gasteiger partial charge on any atom is 0.331 e. The number of carbonyl (C=O) groups is 1. The summed E-state index contributed by atoms with van der Waals surface area (Å²) in [5.74, 6) is -2.50. The Morgan fingerprint density at radius 3 is 2.02 bits per heavy atom. The molecular weight excluding hydrogens is 604 g/mol. The number of hydrogen-bond acceptors (Lipinski definition) is 16. The van der Waals surface area contributed by atoms with Crippen molar-refractivity contribution in [2.75, 3.05) is 19.8 Å². The first-order chi connectivity index (χ1) is 21.4. The van der Waals surface area contributed by atoms with E-state index in [-0.39, 0.29) is 30.3 Å². The van der Waals surface area contributed by atoms with E-state index in [0.717, 1.165) is 6.08 Å². The predicted molar refractivity (Wildman–Crippen MR) is 149 cm³/mol. The maximum absolute atomic E-state index is 12.8. The molecule has 16 heteroatoms. The lowest BCUT2D eigenvalue weighted by Gasteiger charge is -2.46. The van der Waals surface area contributed by atoms with Crippen LogP contribution in [0.3, 0.4) is 0 Å². The quantitative estimate of drug-likeness (QED) is 0.0720. The molecule has 0 saturated carbocycles. The molecule has 0 spiro atoms. The van der Waals surface area contributed by atoms with Gasteiger partial charge in [0.05, 0.1) is 19.8 Å². The molecule has 0 aliphatic carbocycles. The average molecular weight is 641 g/mol. The van der Waals surface area contributed by atoms with E-state index in [2.05, 4.69) is 0 Å². The van der Waals surface area contributed by atoms with Crippen LogP contribution in [-0.4, -0.2) is 138 Å². The average Bonchev–Trinajstić information content (AvgIpc) is 3.02. The van der Waals surface area contributed by atoms with Crippen LogP contribution in [0.2, 0.25) is 0 Å². The van der Waals surface area contributed by atoms with Crippen LogP contribution in [0.4, 0.5) is 0 Å². The number of rotatable bonds is 11. The summed E-state index contributed by atoms with van der Waals surface area (Å²) in [6.45, 7) is -1.65. The third kappa shape index (κ3) is 8.19. The Labute approximate surface area is 256 Å². The number of aliphatic hydroxyl groups is 6. The molecule has 10 atom stereocenters. The van der Waals surface area contributed by atoms with Gasteiger partial charge in [0.15, 0.2) is 41.7 Å². The molecule has 0 amide bonds. The van der Waals surface area contributed by atoms with Gasteiger partial charge in [0, 0.05) is 6.08 Å². The van der Waals surface area contributed by atoms with Gasteiger partial charge in [-0.2, -0.15) is 0 Å². The highest BCUT2D eigenvalue weighted by atomic mass is 16.7. The van der Waals surface area contributed by atoms with Crippen molar-refractivity contribution in [2.45, 2.75) is 67.8 Å². The summed E-state index contributed by atoms with van der Waals surface area (Å²) in [6, 6.07) is 7.88. The fourth-order valence-corrected chi connectivity index (χ4v) is 4.81. The number of carbonyl (C=O) groups excluding carboxylic acids is 1. The predicted octanol–water partition coefficient (Wildman–Crippen LogP) is -2.04. The Morgan fingerprint density at radius 1 is 0.733 bits per heavy atom. The highest BCUT2D eigenvalue weighted by Gasteiger charge is 2.52. The zero-order valence-corrected chi connectivity index (χ0v) is 23.6. The summed E-state index contributed by atoms with van der Waals surface area (Å²) < 4.78 is 28.0. The fourth-order valence-electron chi connectivity index (χ4n) is 4.81. The Morgan fingerprint density at radius 2 is 1.38 bits per heavy atom. The lowest BCUT2D eigenvalue weighted by atomic mass is 9.96. The lowest BCUT2D eigenvalue weighted by Crippen LogP contribution is -2.65. The number of ether oxygens (including phenoxy) is 5. The second-order valence-corrected chi connectivity index (χ2v) is 10.4. The van der Waals surface area contributed by atoms with Gasteiger partial charge < -0.3 is 74.7 Å². The monoisotopic (exact) mass is 640 g/mol. The summed E-state index contributed by atoms with van der Waals surface area (Å²) in [4.78, 5) is 12.8. The fraction of sp³-hybridized carbons (Fsp3) is 0.483. The minimum atomic E-state index is -1.88. The number of hydrogen-bond donors (Lipinski definition) is 10. The van der Waals surface area contributed by atoms with E-state index in [9.17, 15) is 55.9 Å². The summed E-state index contributed by atoms with van der Waals surface area (Å²) in [7, 11) is 0. The molecule has 2 heterocycles.